The highest BCUT2D eigenvalue weighted by Crippen LogP contribution is 2.52. The van der Waals surface area contributed by atoms with Crippen LogP contribution in [0.2, 0.25) is 0 Å². The van der Waals surface area contributed by atoms with Crippen molar-refractivity contribution in [2.75, 3.05) is 26.2 Å². The highest BCUT2D eigenvalue weighted by molar-refractivity contribution is 5.12. The maximum absolute atomic E-state index is 12.4. The van der Waals surface area contributed by atoms with Crippen molar-refractivity contribution in [3.05, 3.63) is 0 Å². The van der Waals surface area contributed by atoms with E-state index in [1.807, 2.05) is 0 Å². The Bertz CT molecular complexity index is 372. The van der Waals surface area contributed by atoms with Gasteiger partial charge in [-0.25, -0.2) is 0 Å². The monoisotopic (exact) mass is 292 g/mol. The molecule has 0 aromatic rings. The highest BCUT2D eigenvalue weighted by Gasteiger charge is 2.59. The summed E-state index contributed by atoms with van der Waals surface area (Å²) >= 11 is 0. The number of rotatable bonds is 3. The Morgan fingerprint density at radius 2 is 2.05 bits per heavy atom. The fourth-order valence-electron chi connectivity index (χ4n) is 4.28. The predicted octanol–water partition coefficient (Wildman–Crippen LogP) is 2.03. The summed E-state index contributed by atoms with van der Waals surface area (Å²) < 4.78 is 42.9. The molecular formula is C14H23F3N2O. The van der Waals surface area contributed by atoms with Gasteiger partial charge in [-0.15, -0.1) is 0 Å². The van der Waals surface area contributed by atoms with Gasteiger partial charge in [0.15, 0.2) is 0 Å². The summed E-state index contributed by atoms with van der Waals surface area (Å²) in [6, 6.07) is 0.564. The smallest absolute Gasteiger partial charge is 0.377 e. The third-order valence-corrected chi connectivity index (χ3v) is 5.19. The number of hydrogen-bond acceptors (Lipinski definition) is 3. The highest BCUT2D eigenvalue weighted by atomic mass is 19.4. The summed E-state index contributed by atoms with van der Waals surface area (Å²) in [6.45, 7) is 5.47. The molecule has 3 nitrogen and oxygen atoms in total. The minimum absolute atomic E-state index is 0.0958. The van der Waals surface area contributed by atoms with Gasteiger partial charge in [0.1, 0.15) is 0 Å². The Hall–Kier alpha value is -0.330. The topological polar surface area (TPSA) is 24.5 Å². The van der Waals surface area contributed by atoms with Crippen LogP contribution in [0.3, 0.4) is 0 Å². The zero-order chi connectivity index (χ0) is 14.5. The summed E-state index contributed by atoms with van der Waals surface area (Å²) in [5.41, 5.74) is 0.0958. The first-order chi connectivity index (χ1) is 9.27. The molecule has 0 amide bonds. The van der Waals surface area contributed by atoms with Crippen molar-refractivity contribution in [2.24, 2.45) is 11.3 Å². The van der Waals surface area contributed by atoms with Gasteiger partial charge >= 0.3 is 6.18 Å². The lowest BCUT2D eigenvalue weighted by molar-refractivity contribution is -0.144. The lowest BCUT2D eigenvalue weighted by Crippen LogP contribution is -2.67. The van der Waals surface area contributed by atoms with E-state index in [2.05, 4.69) is 19.2 Å². The van der Waals surface area contributed by atoms with E-state index in [1.165, 1.54) is 4.90 Å². The molecule has 2 saturated heterocycles. The summed E-state index contributed by atoms with van der Waals surface area (Å²) in [4.78, 5) is 1.51. The molecule has 1 aliphatic carbocycles. The van der Waals surface area contributed by atoms with E-state index >= 15 is 0 Å². The first kappa shape index (κ1) is 14.6. The van der Waals surface area contributed by atoms with Crippen LogP contribution in [0.25, 0.3) is 0 Å². The van der Waals surface area contributed by atoms with E-state index in [-0.39, 0.29) is 11.5 Å². The number of fused-ring (bicyclic) bond motifs is 1. The number of likely N-dealkylation sites (tertiary alicyclic amines) is 1. The molecule has 20 heavy (non-hydrogen) atoms. The third kappa shape index (κ3) is 2.57. The Balaban J connectivity index is 1.52. The van der Waals surface area contributed by atoms with E-state index in [0.717, 1.165) is 19.4 Å². The largest absolute Gasteiger partial charge is 0.401 e. The van der Waals surface area contributed by atoms with E-state index in [4.69, 9.17) is 4.74 Å². The molecule has 6 heteroatoms. The molecule has 0 aromatic carbocycles. The second kappa shape index (κ2) is 4.85. The van der Waals surface area contributed by atoms with Crippen molar-refractivity contribution in [1.82, 2.24) is 10.2 Å². The average Bonchev–Trinajstić information content (AvgIpc) is 2.91. The summed E-state index contributed by atoms with van der Waals surface area (Å²) in [5, 5.41) is 3.60. The zero-order valence-corrected chi connectivity index (χ0v) is 12.0. The van der Waals surface area contributed by atoms with E-state index in [1.54, 1.807) is 0 Å². The molecule has 0 radical (unpaired) electrons. The maximum Gasteiger partial charge on any atom is 0.401 e. The van der Waals surface area contributed by atoms with Gasteiger partial charge in [-0.3, -0.25) is 4.90 Å². The molecule has 3 fully saturated rings. The lowest BCUT2D eigenvalue weighted by Gasteiger charge is -2.55. The van der Waals surface area contributed by atoms with Crippen molar-refractivity contribution in [1.29, 1.82) is 0 Å². The fraction of sp³-hybridized carbons (Fsp3) is 1.00. The SMILES string of the molecule is CC1(C)[C@H](N[C@@H]2CCN(CC(F)(F)F)C2)[C@@H]2CCO[C@H]21. The molecule has 3 rings (SSSR count). The van der Waals surface area contributed by atoms with Crippen LogP contribution in [-0.4, -0.2) is 55.5 Å². The number of halogens is 3. The molecule has 0 spiro atoms. The van der Waals surface area contributed by atoms with Crippen LogP contribution in [0.1, 0.15) is 26.7 Å². The number of nitrogens with one attached hydrogen (secondary N) is 1. The zero-order valence-electron chi connectivity index (χ0n) is 12.0. The van der Waals surface area contributed by atoms with Gasteiger partial charge in [-0.05, 0) is 12.8 Å². The second-order valence-electron chi connectivity index (χ2n) is 7.05. The van der Waals surface area contributed by atoms with Gasteiger partial charge < -0.3 is 10.1 Å². The molecule has 1 saturated carbocycles. The van der Waals surface area contributed by atoms with Gasteiger partial charge in [-0.2, -0.15) is 13.2 Å². The van der Waals surface area contributed by atoms with Crippen LogP contribution in [0.5, 0.6) is 0 Å². The molecule has 3 aliphatic rings. The standard InChI is InChI=1S/C14H23F3N2O/c1-13(2)11(10-4-6-20-12(10)13)18-9-3-5-19(7-9)8-14(15,16)17/h9-12,18H,3-8H2,1-2H3/t9-,10+,11-,12-/m1/s1. The van der Waals surface area contributed by atoms with Crippen LogP contribution in [0.4, 0.5) is 13.2 Å². The molecule has 1 N–H and O–H groups in total. The van der Waals surface area contributed by atoms with Crippen LogP contribution in [0.15, 0.2) is 0 Å². The van der Waals surface area contributed by atoms with E-state index in [9.17, 15) is 13.2 Å². The first-order valence-electron chi connectivity index (χ1n) is 7.44. The molecule has 2 heterocycles. The van der Waals surface area contributed by atoms with Gasteiger partial charge in [0.05, 0.1) is 12.6 Å². The first-order valence-corrected chi connectivity index (χ1v) is 7.44. The Kier molecular flexibility index (Phi) is 3.54. The van der Waals surface area contributed by atoms with Crippen LogP contribution >= 0.6 is 0 Å². The van der Waals surface area contributed by atoms with Gasteiger partial charge in [0.2, 0.25) is 0 Å². The van der Waals surface area contributed by atoms with Gasteiger partial charge in [0.25, 0.3) is 0 Å². The molecular weight excluding hydrogens is 269 g/mol. The van der Waals surface area contributed by atoms with Crippen molar-refractivity contribution < 1.29 is 17.9 Å². The van der Waals surface area contributed by atoms with Crippen LogP contribution in [0, 0.1) is 11.3 Å². The Labute approximate surface area is 117 Å². The summed E-state index contributed by atoms with van der Waals surface area (Å²) in [6.07, 6.45) is -1.88. The average molecular weight is 292 g/mol. The summed E-state index contributed by atoms with van der Waals surface area (Å²) in [5.74, 6) is 0.543. The number of alkyl halides is 3. The van der Waals surface area contributed by atoms with E-state index in [0.29, 0.717) is 31.2 Å². The quantitative estimate of drug-likeness (QED) is 0.861. The molecule has 116 valence electrons. The molecule has 0 unspecified atom stereocenters. The minimum Gasteiger partial charge on any atom is -0.377 e. The van der Waals surface area contributed by atoms with Crippen LogP contribution in [-0.2, 0) is 4.74 Å². The minimum atomic E-state index is -4.09. The maximum atomic E-state index is 12.4. The van der Waals surface area contributed by atoms with Gasteiger partial charge in [0, 0.05) is 43.1 Å². The molecule has 2 aliphatic heterocycles. The normalized spacial score (nSPS) is 40.6. The number of ether oxygens (including phenoxy) is 1. The van der Waals surface area contributed by atoms with Crippen LogP contribution < -0.4 is 5.32 Å². The predicted molar refractivity (Wildman–Crippen MR) is 69.5 cm³/mol. The van der Waals surface area contributed by atoms with Gasteiger partial charge in [-0.1, -0.05) is 13.8 Å². The lowest BCUT2D eigenvalue weighted by atomic mass is 9.57. The van der Waals surface area contributed by atoms with Crippen molar-refractivity contribution in [3.8, 4) is 0 Å². The Morgan fingerprint density at radius 1 is 1.30 bits per heavy atom. The third-order valence-electron chi connectivity index (χ3n) is 5.19. The number of hydrogen-bond donors (Lipinski definition) is 1. The Morgan fingerprint density at radius 3 is 2.75 bits per heavy atom. The number of nitrogens with zero attached hydrogens (tertiary/aromatic N) is 1. The second-order valence-corrected chi connectivity index (χ2v) is 7.05. The van der Waals surface area contributed by atoms with E-state index < -0.39 is 12.7 Å². The van der Waals surface area contributed by atoms with Crippen molar-refractivity contribution >= 4 is 0 Å². The summed E-state index contributed by atoms with van der Waals surface area (Å²) in [7, 11) is 0. The fourth-order valence-corrected chi connectivity index (χ4v) is 4.28. The molecule has 0 bridgehead atoms. The van der Waals surface area contributed by atoms with Crippen molar-refractivity contribution in [3.63, 3.8) is 0 Å². The molecule has 4 atom stereocenters. The molecule has 0 aromatic heterocycles. The van der Waals surface area contributed by atoms with Crippen molar-refractivity contribution in [2.45, 2.75) is 51.1 Å².